The van der Waals surface area contributed by atoms with E-state index in [1.165, 1.54) is 6.92 Å². The van der Waals surface area contributed by atoms with Crippen molar-refractivity contribution in [1.82, 2.24) is 4.90 Å². The van der Waals surface area contributed by atoms with Crippen LogP contribution in [-0.2, 0) is 4.79 Å². The molecule has 1 rings (SSSR count). The zero-order chi connectivity index (χ0) is 10.0. The monoisotopic (exact) mass is 203 g/mol. The Morgan fingerprint density at radius 3 is 2.31 bits per heavy atom. The van der Waals surface area contributed by atoms with Gasteiger partial charge in [0, 0.05) is 23.6 Å². The summed E-state index contributed by atoms with van der Waals surface area (Å²) in [7, 11) is 0. The van der Waals surface area contributed by atoms with E-state index < -0.39 is 6.10 Å². The minimum Gasteiger partial charge on any atom is -0.384 e. The Morgan fingerprint density at radius 1 is 1.46 bits per heavy atom. The van der Waals surface area contributed by atoms with E-state index >= 15 is 0 Å². The Hall–Kier alpha value is -0.220. The first-order valence-electron chi connectivity index (χ1n) is 4.63. The molecule has 1 aliphatic rings. The van der Waals surface area contributed by atoms with E-state index in [4.69, 9.17) is 5.11 Å². The highest BCUT2D eigenvalue weighted by Crippen LogP contribution is 2.24. The summed E-state index contributed by atoms with van der Waals surface area (Å²) in [6.07, 6.45) is -0.859. The van der Waals surface area contributed by atoms with E-state index in [2.05, 4.69) is 13.8 Å². The number of aliphatic hydroxyl groups is 1. The first-order chi connectivity index (χ1) is 6.00. The minimum atomic E-state index is -0.859. The van der Waals surface area contributed by atoms with Gasteiger partial charge in [0.25, 0.3) is 5.91 Å². The molecule has 76 valence electrons. The van der Waals surface area contributed by atoms with Crippen LogP contribution in [0, 0.1) is 0 Å². The van der Waals surface area contributed by atoms with Gasteiger partial charge in [-0.2, -0.15) is 11.8 Å². The Morgan fingerprint density at radius 2 is 1.92 bits per heavy atom. The van der Waals surface area contributed by atoms with Crippen LogP contribution in [0.15, 0.2) is 0 Å². The van der Waals surface area contributed by atoms with Crippen molar-refractivity contribution in [2.45, 2.75) is 37.4 Å². The maximum absolute atomic E-state index is 11.5. The van der Waals surface area contributed by atoms with Crippen molar-refractivity contribution in [3.8, 4) is 0 Å². The third-order valence-electron chi connectivity index (χ3n) is 2.09. The Bertz CT molecular complexity index is 186. The largest absolute Gasteiger partial charge is 0.384 e. The maximum Gasteiger partial charge on any atom is 0.251 e. The van der Waals surface area contributed by atoms with E-state index in [9.17, 15) is 4.79 Å². The molecule has 0 radical (unpaired) electrons. The number of thioether (sulfide) groups is 1. The molecule has 1 saturated heterocycles. The molecule has 3 nitrogen and oxygen atoms in total. The first-order valence-corrected chi connectivity index (χ1v) is 5.57. The smallest absolute Gasteiger partial charge is 0.251 e. The van der Waals surface area contributed by atoms with Crippen LogP contribution in [0.4, 0.5) is 0 Å². The highest BCUT2D eigenvalue weighted by atomic mass is 32.2. The topological polar surface area (TPSA) is 40.5 Å². The molecule has 0 bridgehead atoms. The molecular formula is C9H17NO2S. The average Bonchev–Trinajstić information content (AvgIpc) is 2.01. The Kier molecular flexibility index (Phi) is 3.62. The fourth-order valence-electron chi connectivity index (χ4n) is 1.62. The highest BCUT2D eigenvalue weighted by Gasteiger charge is 2.27. The van der Waals surface area contributed by atoms with Gasteiger partial charge in [-0.15, -0.1) is 0 Å². The number of hydrogen-bond donors (Lipinski definition) is 1. The lowest BCUT2D eigenvalue weighted by molar-refractivity contribution is -0.139. The van der Waals surface area contributed by atoms with Crippen LogP contribution in [0.2, 0.25) is 0 Å². The van der Waals surface area contributed by atoms with Gasteiger partial charge in [-0.25, -0.2) is 0 Å². The predicted octanol–water partition coefficient (Wildman–Crippen LogP) is 0.720. The molecule has 1 fully saturated rings. The van der Waals surface area contributed by atoms with Crippen LogP contribution in [0.1, 0.15) is 20.8 Å². The Labute approximate surface area is 83.5 Å². The number of hydrogen-bond acceptors (Lipinski definition) is 3. The minimum absolute atomic E-state index is 0.140. The molecule has 4 heteroatoms. The predicted molar refractivity (Wildman–Crippen MR) is 54.8 cm³/mol. The molecule has 1 amide bonds. The maximum atomic E-state index is 11.5. The van der Waals surface area contributed by atoms with Gasteiger partial charge in [0.1, 0.15) is 6.10 Å². The van der Waals surface area contributed by atoms with Crippen LogP contribution in [0.3, 0.4) is 0 Å². The van der Waals surface area contributed by atoms with Crippen molar-refractivity contribution in [2.75, 3.05) is 13.1 Å². The molecular weight excluding hydrogens is 186 g/mol. The summed E-state index contributed by atoms with van der Waals surface area (Å²) in [5.74, 6) is -0.140. The van der Waals surface area contributed by atoms with Crippen molar-refractivity contribution in [3.63, 3.8) is 0 Å². The van der Waals surface area contributed by atoms with Crippen molar-refractivity contribution >= 4 is 17.7 Å². The number of carbonyl (C=O) groups excluding carboxylic acids is 1. The van der Waals surface area contributed by atoms with Gasteiger partial charge in [-0.05, 0) is 6.92 Å². The Balaban J connectivity index is 2.55. The van der Waals surface area contributed by atoms with Gasteiger partial charge < -0.3 is 10.0 Å². The summed E-state index contributed by atoms with van der Waals surface area (Å²) in [5.41, 5.74) is 0. The number of aliphatic hydroxyl groups excluding tert-OH is 1. The summed E-state index contributed by atoms with van der Waals surface area (Å²) in [4.78, 5) is 13.2. The van der Waals surface area contributed by atoms with Crippen molar-refractivity contribution in [1.29, 1.82) is 0 Å². The second-order valence-electron chi connectivity index (χ2n) is 3.68. The van der Waals surface area contributed by atoms with Gasteiger partial charge in [0.15, 0.2) is 0 Å². The van der Waals surface area contributed by atoms with E-state index in [1.807, 2.05) is 11.8 Å². The molecule has 13 heavy (non-hydrogen) atoms. The SMILES string of the molecule is CC1CN(C(=O)[C@H](C)O)CC(C)S1. The molecule has 0 saturated carbocycles. The number of rotatable bonds is 1. The van der Waals surface area contributed by atoms with Gasteiger partial charge in [0.05, 0.1) is 0 Å². The summed E-state index contributed by atoms with van der Waals surface area (Å²) in [6, 6.07) is 0. The van der Waals surface area contributed by atoms with E-state index in [-0.39, 0.29) is 5.91 Å². The molecule has 2 unspecified atom stereocenters. The van der Waals surface area contributed by atoms with Crippen LogP contribution >= 0.6 is 11.8 Å². The fourth-order valence-corrected chi connectivity index (χ4v) is 2.95. The van der Waals surface area contributed by atoms with Crippen LogP contribution in [0.5, 0.6) is 0 Å². The summed E-state index contributed by atoms with van der Waals surface area (Å²) >= 11 is 1.90. The fraction of sp³-hybridized carbons (Fsp3) is 0.889. The summed E-state index contributed by atoms with van der Waals surface area (Å²) in [6.45, 7) is 7.28. The zero-order valence-electron chi connectivity index (χ0n) is 8.36. The lowest BCUT2D eigenvalue weighted by atomic mass is 10.2. The summed E-state index contributed by atoms with van der Waals surface area (Å²) < 4.78 is 0. The van der Waals surface area contributed by atoms with Gasteiger partial charge in [0.2, 0.25) is 0 Å². The third kappa shape index (κ3) is 2.88. The van der Waals surface area contributed by atoms with Crippen LogP contribution < -0.4 is 0 Å². The summed E-state index contributed by atoms with van der Waals surface area (Å²) in [5, 5.41) is 10.1. The quantitative estimate of drug-likeness (QED) is 0.682. The van der Waals surface area contributed by atoms with E-state index in [0.29, 0.717) is 10.5 Å². The molecule has 1 N–H and O–H groups in total. The van der Waals surface area contributed by atoms with Crippen molar-refractivity contribution < 1.29 is 9.90 Å². The second-order valence-corrected chi connectivity index (χ2v) is 5.56. The highest BCUT2D eigenvalue weighted by molar-refractivity contribution is 8.00. The normalized spacial score (nSPS) is 31.5. The van der Waals surface area contributed by atoms with Gasteiger partial charge >= 0.3 is 0 Å². The molecule has 0 spiro atoms. The number of nitrogens with zero attached hydrogens (tertiary/aromatic N) is 1. The molecule has 0 aromatic heterocycles. The van der Waals surface area contributed by atoms with Crippen LogP contribution in [-0.4, -0.2) is 45.6 Å². The third-order valence-corrected chi connectivity index (χ3v) is 3.32. The van der Waals surface area contributed by atoms with Gasteiger partial charge in [-0.3, -0.25) is 4.79 Å². The lowest BCUT2D eigenvalue weighted by Gasteiger charge is -2.35. The van der Waals surface area contributed by atoms with Crippen molar-refractivity contribution in [2.24, 2.45) is 0 Å². The molecule has 3 atom stereocenters. The van der Waals surface area contributed by atoms with E-state index in [1.54, 1.807) is 4.90 Å². The standard InChI is InChI=1S/C9H17NO2S/c1-6-4-10(5-7(2)13-6)9(12)8(3)11/h6-8,11H,4-5H2,1-3H3/t6?,7?,8-/m0/s1. The number of amides is 1. The second kappa shape index (κ2) is 4.33. The lowest BCUT2D eigenvalue weighted by Crippen LogP contribution is -2.47. The first kappa shape index (κ1) is 10.9. The van der Waals surface area contributed by atoms with Crippen LogP contribution in [0.25, 0.3) is 0 Å². The molecule has 0 aliphatic carbocycles. The van der Waals surface area contributed by atoms with Gasteiger partial charge in [-0.1, -0.05) is 13.8 Å². The number of carbonyl (C=O) groups is 1. The average molecular weight is 203 g/mol. The molecule has 0 aromatic rings. The molecule has 0 aromatic carbocycles. The molecule has 1 aliphatic heterocycles. The molecule has 1 heterocycles. The van der Waals surface area contributed by atoms with E-state index in [0.717, 1.165) is 13.1 Å². The zero-order valence-corrected chi connectivity index (χ0v) is 9.17. The van der Waals surface area contributed by atoms with Crippen molar-refractivity contribution in [3.05, 3.63) is 0 Å².